The summed E-state index contributed by atoms with van der Waals surface area (Å²) in [5.74, 6) is 0.197. The van der Waals surface area contributed by atoms with Crippen LogP contribution in [0.1, 0.15) is 37.7 Å². The zero-order chi connectivity index (χ0) is 15.9. The van der Waals surface area contributed by atoms with Crippen molar-refractivity contribution in [2.24, 2.45) is 11.0 Å². The molecule has 0 unspecified atom stereocenters. The fourth-order valence-electron chi connectivity index (χ4n) is 3.02. The second-order valence-electron chi connectivity index (χ2n) is 6.06. The first kappa shape index (κ1) is 15.5. The minimum absolute atomic E-state index is 0.0573. The number of nitrogens with one attached hydrogen (secondary N) is 1. The molecule has 118 valence electrons. The molecule has 0 saturated heterocycles. The molecule has 1 amide bonds. The van der Waals surface area contributed by atoms with Crippen molar-refractivity contribution < 1.29 is 4.79 Å². The first-order chi connectivity index (χ1) is 11.3. The van der Waals surface area contributed by atoms with Crippen LogP contribution in [-0.2, 0) is 4.79 Å². The van der Waals surface area contributed by atoms with Crippen LogP contribution in [0.4, 0.5) is 0 Å². The van der Waals surface area contributed by atoms with E-state index in [1.54, 1.807) is 6.21 Å². The molecule has 0 spiro atoms. The van der Waals surface area contributed by atoms with Gasteiger partial charge in [-0.25, -0.2) is 5.43 Å². The van der Waals surface area contributed by atoms with Gasteiger partial charge in [0.2, 0.25) is 5.91 Å². The largest absolute Gasteiger partial charge is 0.273 e. The van der Waals surface area contributed by atoms with Gasteiger partial charge in [-0.2, -0.15) is 5.10 Å². The number of benzene rings is 2. The second kappa shape index (κ2) is 7.73. The Morgan fingerprint density at radius 2 is 1.57 bits per heavy atom. The smallest absolute Gasteiger partial charge is 0.243 e. The first-order valence-corrected chi connectivity index (χ1v) is 8.31. The lowest BCUT2D eigenvalue weighted by atomic mass is 9.89. The Hall–Kier alpha value is -2.42. The van der Waals surface area contributed by atoms with Crippen LogP contribution >= 0.6 is 0 Å². The van der Waals surface area contributed by atoms with E-state index < -0.39 is 0 Å². The molecule has 3 rings (SSSR count). The predicted octanol–water partition coefficient (Wildman–Crippen LogP) is 4.38. The summed E-state index contributed by atoms with van der Waals surface area (Å²) < 4.78 is 0. The van der Waals surface area contributed by atoms with E-state index in [9.17, 15) is 4.79 Å². The highest BCUT2D eigenvalue weighted by molar-refractivity contribution is 5.84. The fourth-order valence-corrected chi connectivity index (χ4v) is 3.02. The van der Waals surface area contributed by atoms with E-state index in [2.05, 4.69) is 34.8 Å². The number of nitrogens with zero attached hydrogens (tertiary/aromatic N) is 1. The van der Waals surface area contributed by atoms with Crippen LogP contribution in [-0.4, -0.2) is 12.1 Å². The number of rotatable bonds is 4. The number of amides is 1. The lowest BCUT2D eigenvalue weighted by Crippen LogP contribution is -2.28. The molecule has 2 aromatic rings. The van der Waals surface area contributed by atoms with Crippen LogP contribution < -0.4 is 5.43 Å². The lowest BCUT2D eigenvalue weighted by molar-refractivity contribution is -0.125. The van der Waals surface area contributed by atoms with Gasteiger partial charge in [0, 0.05) is 5.92 Å². The van der Waals surface area contributed by atoms with Crippen LogP contribution in [0, 0.1) is 5.92 Å². The van der Waals surface area contributed by atoms with Crippen LogP contribution in [0.5, 0.6) is 0 Å². The molecule has 1 N–H and O–H groups in total. The highest BCUT2D eigenvalue weighted by Gasteiger charge is 2.20. The van der Waals surface area contributed by atoms with E-state index in [1.807, 2.05) is 30.3 Å². The number of hydrogen-bond acceptors (Lipinski definition) is 2. The van der Waals surface area contributed by atoms with Crippen LogP contribution in [0.25, 0.3) is 11.1 Å². The first-order valence-electron chi connectivity index (χ1n) is 8.31. The maximum absolute atomic E-state index is 12.0. The maximum Gasteiger partial charge on any atom is 0.243 e. The molecule has 0 radical (unpaired) electrons. The van der Waals surface area contributed by atoms with Crippen molar-refractivity contribution in [1.82, 2.24) is 5.43 Å². The molecule has 3 nitrogen and oxygen atoms in total. The molecule has 0 aromatic heterocycles. The molecule has 1 aliphatic carbocycles. The van der Waals surface area contributed by atoms with E-state index in [-0.39, 0.29) is 11.8 Å². The zero-order valence-corrected chi connectivity index (χ0v) is 13.2. The van der Waals surface area contributed by atoms with Crippen molar-refractivity contribution in [1.29, 1.82) is 0 Å². The Labute approximate surface area is 137 Å². The van der Waals surface area contributed by atoms with Gasteiger partial charge < -0.3 is 0 Å². The van der Waals surface area contributed by atoms with Gasteiger partial charge in [-0.1, -0.05) is 73.9 Å². The van der Waals surface area contributed by atoms with E-state index in [0.717, 1.165) is 31.2 Å². The van der Waals surface area contributed by atoms with Crippen molar-refractivity contribution in [2.75, 3.05) is 0 Å². The standard InChI is InChI=1S/C20H22N2O/c23-20(19-9-5-2-6-10-19)22-21-15-16-11-13-18(14-12-16)17-7-3-1-4-8-17/h1,3-4,7-8,11-15,19H,2,5-6,9-10H2,(H,22,23). The Bertz CT molecular complexity index is 656. The predicted molar refractivity (Wildman–Crippen MR) is 94.2 cm³/mol. The van der Waals surface area contributed by atoms with Crippen molar-refractivity contribution in [3.05, 3.63) is 60.2 Å². The number of hydrogen-bond donors (Lipinski definition) is 1. The molecule has 0 heterocycles. The van der Waals surface area contributed by atoms with Crippen molar-refractivity contribution in [3.8, 4) is 11.1 Å². The summed E-state index contributed by atoms with van der Waals surface area (Å²) in [4.78, 5) is 12.0. The Balaban J connectivity index is 1.56. The summed E-state index contributed by atoms with van der Waals surface area (Å²) in [7, 11) is 0. The van der Waals surface area contributed by atoms with Gasteiger partial charge in [0.1, 0.15) is 0 Å². The minimum atomic E-state index is 0.0573. The summed E-state index contributed by atoms with van der Waals surface area (Å²) >= 11 is 0. The molecule has 3 heteroatoms. The molecule has 1 aliphatic rings. The molecule has 1 saturated carbocycles. The third kappa shape index (κ3) is 4.28. The van der Waals surface area contributed by atoms with Crippen LogP contribution in [0.2, 0.25) is 0 Å². The number of carbonyl (C=O) groups is 1. The summed E-state index contributed by atoms with van der Waals surface area (Å²) in [6.07, 6.45) is 7.25. The van der Waals surface area contributed by atoms with Crippen molar-refractivity contribution in [3.63, 3.8) is 0 Å². The SMILES string of the molecule is O=C(NN=Cc1ccc(-c2ccccc2)cc1)C1CCCCC1. The lowest BCUT2D eigenvalue weighted by Gasteiger charge is -2.19. The average molecular weight is 306 g/mol. The summed E-state index contributed by atoms with van der Waals surface area (Å²) in [5, 5.41) is 4.09. The third-order valence-corrected chi connectivity index (χ3v) is 4.38. The zero-order valence-electron chi connectivity index (χ0n) is 13.2. The van der Waals surface area contributed by atoms with E-state index in [0.29, 0.717) is 0 Å². The summed E-state index contributed by atoms with van der Waals surface area (Å²) in [6, 6.07) is 18.4. The van der Waals surface area contributed by atoms with Crippen LogP contribution in [0.15, 0.2) is 59.7 Å². The third-order valence-electron chi connectivity index (χ3n) is 4.38. The van der Waals surface area contributed by atoms with Crippen molar-refractivity contribution >= 4 is 12.1 Å². The monoisotopic (exact) mass is 306 g/mol. The highest BCUT2D eigenvalue weighted by atomic mass is 16.2. The van der Waals surface area contributed by atoms with E-state index in [4.69, 9.17) is 0 Å². The number of hydrazone groups is 1. The molecule has 2 aromatic carbocycles. The van der Waals surface area contributed by atoms with Gasteiger partial charge >= 0.3 is 0 Å². The highest BCUT2D eigenvalue weighted by Crippen LogP contribution is 2.23. The molecule has 23 heavy (non-hydrogen) atoms. The fraction of sp³-hybridized carbons (Fsp3) is 0.300. The molecule has 1 fully saturated rings. The minimum Gasteiger partial charge on any atom is -0.273 e. The van der Waals surface area contributed by atoms with Gasteiger partial charge in [0.05, 0.1) is 6.21 Å². The van der Waals surface area contributed by atoms with Gasteiger partial charge in [-0.3, -0.25) is 4.79 Å². The molecule has 0 atom stereocenters. The summed E-state index contributed by atoms with van der Waals surface area (Å²) in [5.41, 5.74) is 6.03. The van der Waals surface area contributed by atoms with Gasteiger partial charge in [-0.05, 0) is 29.5 Å². The van der Waals surface area contributed by atoms with E-state index in [1.165, 1.54) is 17.5 Å². The molecular formula is C20H22N2O. The Kier molecular flexibility index (Phi) is 5.20. The quantitative estimate of drug-likeness (QED) is 0.661. The van der Waals surface area contributed by atoms with Crippen molar-refractivity contribution in [2.45, 2.75) is 32.1 Å². The maximum atomic E-state index is 12.0. The van der Waals surface area contributed by atoms with Crippen LogP contribution in [0.3, 0.4) is 0 Å². The van der Waals surface area contributed by atoms with Gasteiger partial charge in [-0.15, -0.1) is 0 Å². The number of carbonyl (C=O) groups excluding carboxylic acids is 1. The average Bonchev–Trinajstić information content (AvgIpc) is 2.64. The van der Waals surface area contributed by atoms with E-state index >= 15 is 0 Å². The molecular weight excluding hydrogens is 284 g/mol. The molecule has 0 bridgehead atoms. The van der Waals surface area contributed by atoms with Gasteiger partial charge in [0.25, 0.3) is 0 Å². The normalized spacial score (nSPS) is 15.7. The topological polar surface area (TPSA) is 41.5 Å². The van der Waals surface area contributed by atoms with Gasteiger partial charge in [0.15, 0.2) is 0 Å². The summed E-state index contributed by atoms with van der Waals surface area (Å²) in [6.45, 7) is 0. The Morgan fingerprint density at radius 1 is 0.913 bits per heavy atom. The Morgan fingerprint density at radius 3 is 2.26 bits per heavy atom. The second-order valence-corrected chi connectivity index (χ2v) is 6.06. The molecule has 0 aliphatic heterocycles.